The van der Waals surface area contributed by atoms with E-state index in [-0.39, 0.29) is 19.4 Å². The predicted molar refractivity (Wildman–Crippen MR) is 63.5 cm³/mol. The largest absolute Gasteiger partial charge is 0.480 e. The molecule has 21 heavy (non-hydrogen) atoms. The third kappa shape index (κ3) is 3.38. The van der Waals surface area contributed by atoms with Crippen LogP contribution in [0.4, 0.5) is 22.0 Å². The molecule has 120 valence electrons. The van der Waals surface area contributed by atoms with Crippen LogP contribution in [0.25, 0.3) is 0 Å². The lowest BCUT2D eigenvalue weighted by molar-refractivity contribution is -0.142. The maximum Gasteiger partial charge on any atom is 0.432 e. The molecule has 3 atom stereocenters. The minimum Gasteiger partial charge on any atom is -0.480 e. The smallest absolute Gasteiger partial charge is 0.432 e. The molecule has 1 N–H and O–H groups in total. The molecule has 1 saturated carbocycles. The van der Waals surface area contributed by atoms with Crippen LogP contribution in [0.2, 0.25) is 0 Å². The zero-order valence-electron chi connectivity index (χ0n) is 10.6. The number of alkyl halides is 6. The Hall–Kier alpha value is -1.12. The van der Waals surface area contributed by atoms with Gasteiger partial charge in [0.05, 0.1) is 0 Å². The lowest BCUT2D eigenvalue weighted by Crippen LogP contribution is -2.44. The monoisotopic (exact) mass is 334 g/mol. The van der Waals surface area contributed by atoms with Crippen molar-refractivity contribution >= 4 is 23.3 Å². The van der Waals surface area contributed by atoms with Crippen LogP contribution in [-0.2, 0) is 4.79 Å². The molecular weight excluding hydrogens is 323 g/mol. The van der Waals surface area contributed by atoms with Crippen LogP contribution in [0.15, 0.2) is 5.10 Å². The van der Waals surface area contributed by atoms with Gasteiger partial charge in [0.1, 0.15) is 5.38 Å². The summed E-state index contributed by atoms with van der Waals surface area (Å²) in [5.41, 5.74) is -1.40. The minimum atomic E-state index is -4.85. The van der Waals surface area contributed by atoms with E-state index in [0.717, 1.165) is 0 Å². The molecule has 0 saturated heterocycles. The third-order valence-electron chi connectivity index (χ3n) is 3.59. The first-order chi connectivity index (χ1) is 9.51. The second-order valence-electron chi connectivity index (χ2n) is 5.25. The Balaban J connectivity index is 2.16. The van der Waals surface area contributed by atoms with E-state index >= 15 is 0 Å². The van der Waals surface area contributed by atoms with Crippen LogP contribution in [0.3, 0.4) is 0 Å². The van der Waals surface area contributed by atoms with Crippen molar-refractivity contribution in [3.8, 4) is 0 Å². The lowest BCUT2D eigenvalue weighted by atomic mass is 10.1. The summed E-state index contributed by atoms with van der Waals surface area (Å²) in [6, 6.07) is -1.70. The van der Waals surface area contributed by atoms with Crippen molar-refractivity contribution in [1.82, 2.24) is 5.01 Å². The van der Waals surface area contributed by atoms with Gasteiger partial charge in [-0.3, -0.25) is 5.01 Å². The summed E-state index contributed by atoms with van der Waals surface area (Å²) >= 11 is 5.54. The maximum absolute atomic E-state index is 13.1. The van der Waals surface area contributed by atoms with Gasteiger partial charge in [-0.1, -0.05) is 0 Å². The number of carbonyl (C=O) groups is 1. The lowest BCUT2D eigenvalue weighted by Gasteiger charge is -2.24. The van der Waals surface area contributed by atoms with Crippen LogP contribution in [-0.4, -0.2) is 51.9 Å². The third-order valence-corrected chi connectivity index (χ3v) is 4.04. The van der Waals surface area contributed by atoms with Gasteiger partial charge in [-0.05, 0) is 12.3 Å². The fourth-order valence-electron chi connectivity index (χ4n) is 2.64. The number of hydrogen-bond donors (Lipinski definition) is 1. The fraction of sp³-hybridized carbons (Fsp3) is 0.818. The molecule has 0 aromatic carbocycles. The summed E-state index contributed by atoms with van der Waals surface area (Å²) in [4.78, 5) is 11.1. The van der Waals surface area contributed by atoms with Crippen molar-refractivity contribution in [2.45, 2.75) is 42.8 Å². The molecule has 2 rings (SSSR count). The van der Waals surface area contributed by atoms with E-state index in [9.17, 15) is 26.7 Å². The van der Waals surface area contributed by atoms with Gasteiger partial charge in [0.25, 0.3) is 0 Å². The Labute approximate surface area is 121 Å². The van der Waals surface area contributed by atoms with Gasteiger partial charge in [-0.25, -0.2) is 13.6 Å². The highest BCUT2D eigenvalue weighted by Gasteiger charge is 2.53. The quantitative estimate of drug-likeness (QED) is 0.638. The molecular formula is C11H12ClF5N2O2. The van der Waals surface area contributed by atoms with Crippen LogP contribution >= 0.6 is 11.6 Å². The molecule has 3 unspecified atom stereocenters. The van der Waals surface area contributed by atoms with Crippen LogP contribution in [0.1, 0.15) is 19.3 Å². The SMILES string of the molecule is O=C(O)C1C(Cl)C(C(F)(F)F)=NN1CC1CCC(F)(F)C1. The topological polar surface area (TPSA) is 52.9 Å². The Morgan fingerprint density at radius 3 is 2.52 bits per heavy atom. The predicted octanol–water partition coefficient (Wildman–Crippen LogP) is 2.72. The average molecular weight is 335 g/mol. The van der Waals surface area contributed by atoms with Crippen molar-refractivity contribution < 1.29 is 31.9 Å². The summed E-state index contributed by atoms with van der Waals surface area (Å²) in [6.07, 6.45) is -5.59. The first-order valence-electron chi connectivity index (χ1n) is 6.18. The zero-order chi connectivity index (χ0) is 16.0. The summed E-state index contributed by atoms with van der Waals surface area (Å²) in [7, 11) is 0. The number of hydrazone groups is 1. The number of nitrogens with zero attached hydrogens (tertiary/aromatic N) is 2. The van der Waals surface area contributed by atoms with Gasteiger partial charge in [0.15, 0.2) is 11.8 Å². The van der Waals surface area contributed by atoms with Crippen molar-refractivity contribution in [3.05, 3.63) is 0 Å². The zero-order valence-corrected chi connectivity index (χ0v) is 11.3. The second kappa shape index (κ2) is 5.26. The fourth-order valence-corrected chi connectivity index (χ4v) is 3.04. The van der Waals surface area contributed by atoms with Gasteiger partial charge in [0, 0.05) is 19.4 Å². The van der Waals surface area contributed by atoms with Crippen LogP contribution < -0.4 is 0 Å². The molecule has 1 aliphatic carbocycles. The Bertz CT molecular complexity index is 468. The summed E-state index contributed by atoms with van der Waals surface area (Å²) in [6.45, 7) is -0.282. The van der Waals surface area contributed by atoms with Gasteiger partial charge >= 0.3 is 12.1 Å². The van der Waals surface area contributed by atoms with Gasteiger partial charge < -0.3 is 5.11 Å². The number of rotatable bonds is 3. The number of carboxylic acid groups (broad SMARTS) is 1. The van der Waals surface area contributed by atoms with Gasteiger partial charge in [-0.2, -0.15) is 18.3 Å². The molecule has 0 amide bonds. The molecule has 10 heteroatoms. The standard InChI is InChI=1S/C11H12ClF5N2O2/c12-6-7(9(20)21)19(18-8(6)11(15,16)17)4-5-1-2-10(13,14)3-5/h5-7H,1-4H2,(H,20,21). The Morgan fingerprint density at radius 1 is 1.48 bits per heavy atom. The molecule has 0 aromatic heterocycles. The van der Waals surface area contributed by atoms with E-state index < -0.39 is 47.5 Å². The Morgan fingerprint density at radius 2 is 2.10 bits per heavy atom. The highest BCUT2D eigenvalue weighted by atomic mass is 35.5. The highest BCUT2D eigenvalue weighted by Crippen LogP contribution is 2.40. The Kier molecular flexibility index (Phi) is 4.07. The molecule has 2 aliphatic rings. The number of carboxylic acids is 1. The molecule has 1 aliphatic heterocycles. The molecule has 0 bridgehead atoms. The molecule has 1 heterocycles. The maximum atomic E-state index is 13.1. The van der Waals surface area contributed by atoms with Gasteiger partial charge in [-0.15, -0.1) is 11.6 Å². The van der Waals surface area contributed by atoms with E-state index in [4.69, 9.17) is 16.7 Å². The van der Waals surface area contributed by atoms with E-state index in [1.807, 2.05) is 0 Å². The van der Waals surface area contributed by atoms with E-state index in [1.54, 1.807) is 0 Å². The van der Waals surface area contributed by atoms with E-state index in [2.05, 4.69) is 5.10 Å². The molecule has 0 aromatic rings. The normalized spacial score (nSPS) is 32.4. The van der Waals surface area contributed by atoms with E-state index in [1.165, 1.54) is 0 Å². The van der Waals surface area contributed by atoms with Crippen molar-refractivity contribution in [2.24, 2.45) is 11.0 Å². The summed E-state index contributed by atoms with van der Waals surface area (Å²) in [5.74, 6) is -5.04. The molecule has 1 fully saturated rings. The first kappa shape index (κ1) is 16.3. The second-order valence-corrected chi connectivity index (χ2v) is 5.72. The summed E-state index contributed by atoms with van der Waals surface area (Å²) in [5, 5.41) is 11.0. The highest BCUT2D eigenvalue weighted by molar-refractivity contribution is 6.35. The van der Waals surface area contributed by atoms with Crippen LogP contribution in [0.5, 0.6) is 0 Å². The van der Waals surface area contributed by atoms with E-state index in [0.29, 0.717) is 5.01 Å². The van der Waals surface area contributed by atoms with Crippen molar-refractivity contribution in [3.63, 3.8) is 0 Å². The van der Waals surface area contributed by atoms with Gasteiger partial charge in [0.2, 0.25) is 5.92 Å². The first-order valence-corrected chi connectivity index (χ1v) is 6.62. The van der Waals surface area contributed by atoms with Crippen molar-refractivity contribution in [2.75, 3.05) is 6.54 Å². The molecule has 4 nitrogen and oxygen atoms in total. The number of hydrogen-bond acceptors (Lipinski definition) is 3. The van der Waals surface area contributed by atoms with Crippen LogP contribution in [0, 0.1) is 5.92 Å². The number of aliphatic carboxylic acids is 1. The molecule has 0 spiro atoms. The summed E-state index contributed by atoms with van der Waals surface area (Å²) < 4.78 is 64.3. The number of halogens is 6. The average Bonchev–Trinajstić information content (AvgIpc) is 2.79. The van der Waals surface area contributed by atoms with Crippen molar-refractivity contribution in [1.29, 1.82) is 0 Å². The minimum absolute atomic E-state index is 0.111. The molecule has 0 radical (unpaired) electrons.